The summed E-state index contributed by atoms with van der Waals surface area (Å²) < 4.78 is 50.2. The number of aldehydes is 1. The maximum atomic E-state index is 16.4. The molecule has 2 amide bonds. The zero-order valence-electron chi connectivity index (χ0n) is 26.6. The predicted molar refractivity (Wildman–Crippen MR) is 160 cm³/mol. The van der Waals surface area contributed by atoms with Crippen LogP contribution in [0.1, 0.15) is 72.4 Å². The van der Waals surface area contributed by atoms with Crippen LogP contribution in [0.4, 0.5) is 13.6 Å². The van der Waals surface area contributed by atoms with Gasteiger partial charge in [0, 0.05) is 23.8 Å². The van der Waals surface area contributed by atoms with Crippen molar-refractivity contribution in [1.29, 1.82) is 0 Å². The molecule has 2 aliphatic carbocycles. The first kappa shape index (κ1) is 31.4. The highest BCUT2D eigenvalue weighted by molar-refractivity contribution is 5.89. The molecule has 45 heavy (non-hydrogen) atoms. The van der Waals surface area contributed by atoms with Crippen molar-refractivity contribution in [3.8, 4) is 11.6 Å². The Labute approximate surface area is 261 Å². The minimum atomic E-state index is -3.33. The number of nitrogens with one attached hydrogen (secondary N) is 1. The molecule has 8 atom stereocenters. The van der Waals surface area contributed by atoms with E-state index in [1.165, 1.54) is 12.0 Å². The van der Waals surface area contributed by atoms with Gasteiger partial charge >= 0.3 is 6.09 Å². The van der Waals surface area contributed by atoms with Crippen molar-refractivity contribution in [2.75, 3.05) is 13.7 Å². The number of amides is 2. The molecular weight excluding hydrogens is 586 g/mol. The molecule has 3 fully saturated rings. The molecule has 1 aromatic heterocycles. The van der Waals surface area contributed by atoms with Gasteiger partial charge in [0.1, 0.15) is 29.8 Å². The summed E-state index contributed by atoms with van der Waals surface area (Å²) in [6.45, 7) is 9.09. The van der Waals surface area contributed by atoms with Crippen molar-refractivity contribution in [2.24, 2.45) is 29.1 Å². The molecular formula is C33H42F2N4O6. The van der Waals surface area contributed by atoms with Crippen LogP contribution in [-0.4, -0.2) is 70.6 Å². The maximum absolute atomic E-state index is 16.4. The number of methoxy groups -OCH3 is 1. The summed E-state index contributed by atoms with van der Waals surface area (Å²) in [6.07, 6.45) is 1.75. The zero-order valence-corrected chi connectivity index (χ0v) is 26.6. The van der Waals surface area contributed by atoms with E-state index >= 15 is 8.78 Å². The van der Waals surface area contributed by atoms with Crippen LogP contribution < -0.4 is 14.8 Å². The van der Waals surface area contributed by atoms with E-state index in [0.717, 1.165) is 0 Å². The predicted octanol–water partition coefficient (Wildman–Crippen LogP) is 5.26. The Kier molecular flexibility index (Phi) is 7.71. The normalized spacial score (nSPS) is 34.6. The van der Waals surface area contributed by atoms with Crippen molar-refractivity contribution >= 4 is 29.3 Å². The van der Waals surface area contributed by atoms with Crippen molar-refractivity contribution in [3.63, 3.8) is 0 Å². The van der Waals surface area contributed by atoms with Crippen LogP contribution in [0.25, 0.3) is 11.0 Å². The highest BCUT2D eigenvalue weighted by atomic mass is 19.3. The molecule has 2 unspecified atom stereocenters. The number of halogens is 2. The molecule has 0 radical (unpaired) electrons. The second-order valence-corrected chi connectivity index (χ2v) is 14.4. The lowest BCUT2D eigenvalue weighted by Gasteiger charge is -2.35. The summed E-state index contributed by atoms with van der Waals surface area (Å²) in [6, 6.07) is 2.94. The summed E-state index contributed by atoms with van der Waals surface area (Å²) >= 11 is 0. The van der Waals surface area contributed by atoms with Crippen molar-refractivity contribution in [3.05, 3.63) is 23.9 Å². The Morgan fingerprint density at radius 1 is 1.18 bits per heavy atom. The third kappa shape index (κ3) is 5.69. The van der Waals surface area contributed by atoms with E-state index in [-0.39, 0.29) is 29.8 Å². The highest BCUT2D eigenvalue weighted by Gasteiger charge is 2.60. The topological polar surface area (TPSA) is 120 Å². The minimum Gasteiger partial charge on any atom is -0.497 e. The molecule has 12 heteroatoms. The fraction of sp³-hybridized carbons (Fsp3) is 0.667. The molecule has 0 spiro atoms. The number of hydrogen-bond acceptors (Lipinski definition) is 8. The van der Waals surface area contributed by atoms with Crippen LogP contribution in [0, 0.1) is 29.1 Å². The average molecular weight is 629 g/mol. The van der Waals surface area contributed by atoms with E-state index < -0.39 is 64.7 Å². The first-order chi connectivity index (χ1) is 21.2. The van der Waals surface area contributed by atoms with Crippen LogP contribution in [-0.2, 0) is 20.2 Å². The molecule has 1 saturated heterocycles. The Hall–Kier alpha value is -3.57. The van der Waals surface area contributed by atoms with Gasteiger partial charge in [0.05, 0.1) is 30.7 Å². The smallest absolute Gasteiger partial charge is 0.408 e. The van der Waals surface area contributed by atoms with Gasteiger partial charge in [0.25, 0.3) is 5.92 Å². The van der Waals surface area contributed by atoms with E-state index in [4.69, 9.17) is 14.2 Å². The van der Waals surface area contributed by atoms with E-state index in [2.05, 4.69) is 15.3 Å². The number of rotatable bonds is 3. The Bertz CT molecular complexity index is 1510. The van der Waals surface area contributed by atoms with Gasteiger partial charge in [-0.1, -0.05) is 27.7 Å². The van der Waals surface area contributed by atoms with Crippen molar-refractivity contribution in [1.82, 2.24) is 20.2 Å². The first-order valence-corrected chi connectivity index (χ1v) is 15.9. The van der Waals surface area contributed by atoms with Gasteiger partial charge in [-0.2, -0.15) is 8.78 Å². The summed E-state index contributed by atoms with van der Waals surface area (Å²) in [5.41, 5.74) is -1.37. The number of benzene rings is 1. The van der Waals surface area contributed by atoms with Crippen molar-refractivity contribution < 1.29 is 37.4 Å². The van der Waals surface area contributed by atoms with Gasteiger partial charge in [0.2, 0.25) is 11.8 Å². The fourth-order valence-corrected chi connectivity index (χ4v) is 7.27. The van der Waals surface area contributed by atoms with Crippen LogP contribution in [0.15, 0.2) is 18.2 Å². The lowest BCUT2D eigenvalue weighted by molar-refractivity contribution is -0.139. The Balaban J connectivity index is 1.43. The Morgan fingerprint density at radius 2 is 1.93 bits per heavy atom. The molecule has 2 aliphatic heterocycles. The lowest BCUT2D eigenvalue weighted by Crippen LogP contribution is -2.56. The van der Waals surface area contributed by atoms with E-state index in [9.17, 15) is 14.4 Å². The number of fused-ring (bicyclic) bond motifs is 6. The molecule has 2 saturated carbocycles. The first-order valence-electron chi connectivity index (χ1n) is 15.9. The second-order valence-electron chi connectivity index (χ2n) is 14.4. The summed E-state index contributed by atoms with van der Waals surface area (Å²) in [5, 5.41) is 2.79. The number of alkyl carbamates (subject to hydrolysis) is 1. The Morgan fingerprint density at radius 3 is 2.60 bits per heavy atom. The molecule has 10 nitrogen and oxygen atoms in total. The molecule has 244 valence electrons. The summed E-state index contributed by atoms with van der Waals surface area (Å²) in [7, 11) is 1.50. The summed E-state index contributed by atoms with van der Waals surface area (Å²) in [5.74, 6) is -5.23. The highest BCUT2D eigenvalue weighted by Crippen LogP contribution is 2.59. The van der Waals surface area contributed by atoms with E-state index in [0.29, 0.717) is 49.7 Å². The molecule has 1 N–H and O–H groups in total. The third-order valence-electron chi connectivity index (χ3n) is 10.3. The largest absolute Gasteiger partial charge is 0.497 e. The van der Waals surface area contributed by atoms with Crippen molar-refractivity contribution in [2.45, 2.75) is 96.4 Å². The van der Waals surface area contributed by atoms with Gasteiger partial charge in [-0.25, -0.2) is 14.8 Å². The number of aromatic nitrogens is 2. The van der Waals surface area contributed by atoms with Gasteiger partial charge in [-0.3, -0.25) is 4.79 Å². The van der Waals surface area contributed by atoms with Gasteiger partial charge in [-0.05, 0) is 62.5 Å². The van der Waals surface area contributed by atoms with Crippen LogP contribution in [0.2, 0.25) is 0 Å². The van der Waals surface area contributed by atoms with Gasteiger partial charge in [0.15, 0.2) is 5.69 Å². The average Bonchev–Trinajstić information content (AvgIpc) is 3.87. The van der Waals surface area contributed by atoms with Crippen LogP contribution >= 0.6 is 0 Å². The SMILES string of the molecule is CC[C@@H]1[C@@H]2CN(C(=O)[C@H](C(C)(C)C)NC(=O)O[C@]3(C)C[C@H]3CCC3CC3C(F)(F)c3nc4ccc(OC)cc4nc3O2)[C@@H]1C=O. The maximum Gasteiger partial charge on any atom is 0.408 e. The third-order valence-corrected chi connectivity index (χ3v) is 10.3. The lowest BCUT2D eigenvalue weighted by atomic mass is 9.85. The number of nitrogens with zero attached hydrogens (tertiary/aromatic N) is 3. The molecule has 1 aromatic carbocycles. The molecule has 3 heterocycles. The molecule has 2 aromatic rings. The number of alkyl halides is 2. The number of ether oxygens (including phenoxy) is 3. The molecule has 2 bridgehead atoms. The standard InChI is InChI=1S/C33H42F2N4O6/c1-7-20-24(16-40)39-15-25(20)44-28-26(36-22-11-10-19(43-6)13-23(22)37-28)33(34,35)21-12-17(21)8-9-18-14-32(18,5)45-30(42)38-27(29(39)41)31(2,3)4/h10-11,13,16-18,20-21,24-25,27H,7-9,12,14-15H2,1-6H3,(H,38,42)/t17?,18-,20+,21?,24-,25+,27-,32-/m1/s1. The number of carbonyl (C=O) groups is 3. The monoisotopic (exact) mass is 628 g/mol. The fourth-order valence-electron chi connectivity index (χ4n) is 7.27. The molecule has 4 aliphatic rings. The number of carbonyl (C=O) groups excluding carboxylic acids is 3. The number of hydrogen-bond donors (Lipinski definition) is 1. The summed E-state index contributed by atoms with van der Waals surface area (Å²) in [4.78, 5) is 50.1. The zero-order chi connectivity index (χ0) is 32.5. The van der Waals surface area contributed by atoms with Crippen LogP contribution in [0.3, 0.4) is 0 Å². The minimum absolute atomic E-state index is 0.0409. The van der Waals surface area contributed by atoms with Gasteiger partial charge < -0.3 is 29.2 Å². The van der Waals surface area contributed by atoms with E-state index in [1.807, 2.05) is 34.6 Å². The van der Waals surface area contributed by atoms with Gasteiger partial charge in [-0.15, -0.1) is 0 Å². The van der Waals surface area contributed by atoms with Crippen LogP contribution in [0.5, 0.6) is 11.6 Å². The van der Waals surface area contributed by atoms with E-state index in [1.54, 1.807) is 18.2 Å². The molecule has 6 rings (SSSR count). The quantitative estimate of drug-likeness (QED) is 0.457. The second kappa shape index (κ2) is 11.0.